The standard InChI is InChI=1S/C18H33N5S/c1-4-19-18(20-11-10-17-22-14-15(2)24-17)21-12-13-23(3)16-8-6-5-7-9-16/h14,16H,4-13H2,1-3H3,(H2,19,20,21). The summed E-state index contributed by atoms with van der Waals surface area (Å²) in [4.78, 5) is 12.9. The summed E-state index contributed by atoms with van der Waals surface area (Å²) in [5.41, 5.74) is 0. The molecule has 0 radical (unpaired) electrons. The summed E-state index contributed by atoms with van der Waals surface area (Å²) in [6.07, 6.45) is 9.79. The van der Waals surface area contributed by atoms with Gasteiger partial charge in [0.25, 0.3) is 0 Å². The molecule has 1 aliphatic carbocycles. The topological polar surface area (TPSA) is 52.6 Å². The number of nitrogens with zero attached hydrogens (tertiary/aromatic N) is 3. The van der Waals surface area contributed by atoms with Crippen LogP contribution in [0.1, 0.15) is 48.9 Å². The Balaban J connectivity index is 1.70. The lowest BCUT2D eigenvalue weighted by Crippen LogP contribution is -2.39. The molecule has 1 aliphatic rings. The van der Waals surface area contributed by atoms with Gasteiger partial charge in [-0.15, -0.1) is 11.3 Å². The highest BCUT2D eigenvalue weighted by molar-refractivity contribution is 7.11. The van der Waals surface area contributed by atoms with E-state index in [1.807, 2.05) is 6.20 Å². The van der Waals surface area contributed by atoms with Gasteiger partial charge in [0.1, 0.15) is 0 Å². The maximum absolute atomic E-state index is 4.72. The molecule has 6 heteroatoms. The number of thiazole rings is 1. The van der Waals surface area contributed by atoms with Gasteiger partial charge >= 0.3 is 0 Å². The van der Waals surface area contributed by atoms with E-state index in [-0.39, 0.29) is 0 Å². The average Bonchev–Trinajstić information content (AvgIpc) is 3.01. The molecule has 0 spiro atoms. The Hall–Kier alpha value is -1.14. The monoisotopic (exact) mass is 351 g/mol. The number of rotatable bonds is 8. The fraction of sp³-hybridized carbons (Fsp3) is 0.778. The highest BCUT2D eigenvalue weighted by atomic mass is 32.1. The highest BCUT2D eigenvalue weighted by Gasteiger charge is 2.17. The zero-order valence-electron chi connectivity index (χ0n) is 15.5. The quantitative estimate of drug-likeness (QED) is 0.559. The molecular weight excluding hydrogens is 318 g/mol. The van der Waals surface area contributed by atoms with E-state index >= 15 is 0 Å². The normalized spacial score (nSPS) is 16.6. The highest BCUT2D eigenvalue weighted by Crippen LogP contribution is 2.21. The summed E-state index contributed by atoms with van der Waals surface area (Å²) in [5.74, 6) is 0.919. The molecule has 0 saturated heterocycles. The van der Waals surface area contributed by atoms with Crippen LogP contribution in [0.3, 0.4) is 0 Å². The minimum Gasteiger partial charge on any atom is -0.357 e. The van der Waals surface area contributed by atoms with Gasteiger partial charge in [0.2, 0.25) is 0 Å². The number of aliphatic imine (C=N–C) groups is 1. The second kappa shape index (κ2) is 10.7. The van der Waals surface area contributed by atoms with Crippen molar-refractivity contribution in [3.63, 3.8) is 0 Å². The number of aryl methyl sites for hydroxylation is 1. The van der Waals surface area contributed by atoms with Crippen LogP contribution in [0, 0.1) is 6.92 Å². The van der Waals surface area contributed by atoms with E-state index in [4.69, 9.17) is 4.99 Å². The van der Waals surface area contributed by atoms with Crippen molar-refractivity contribution in [1.29, 1.82) is 0 Å². The van der Waals surface area contributed by atoms with Crippen molar-refractivity contribution in [3.8, 4) is 0 Å². The number of guanidine groups is 1. The van der Waals surface area contributed by atoms with Crippen molar-refractivity contribution >= 4 is 17.3 Å². The smallest absolute Gasteiger partial charge is 0.191 e. The van der Waals surface area contributed by atoms with Crippen LogP contribution in [0.15, 0.2) is 11.2 Å². The molecule has 1 fully saturated rings. The van der Waals surface area contributed by atoms with Crippen molar-refractivity contribution in [2.24, 2.45) is 4.99 Å². The predicted octanol–water partition coefficient (Wildman–Crippen LogP) is 2.81. The van der Waals surface area contributed by atoms with Crippen LogP contribution in [-0.4, -0.2) is 55.1 Å². The third-order valence-corrected chi connectivity index (χ3v) is 5.54. The number of likely N-dealkylation sites (N-methyl/N-ethyl adjacent to an activating group) is 1. The van der Waals surface area contributed by atoms with E-state index in [9.17, 15) is 0 Å². The summed E-state index contributed by atoms with van der Waals surface area (Å²) >= 11 is 1.77. The zero-order chi connectivity index (χ0) is 17.2. The maximum atomic E-state index is 4.72. The van der Waals surface area contributed by atoms with E-state index in [1.165, 1.54) is 42.0 Å². The first-order valence-electron chi connectivity index (χ1n) is 9.32. The lowest BCUT2D eigenvalue weighted by Gasteiger charge is -2.30. The van der Waals surface area contributed by atoms with Crippen LogP contribution in [0.4, 0.5) is 0 Å². The third kappa shape index (κ3) is 6.77. The summed E-state index contributed by atoms with van der Waals surface area (Å²) in [5, 5.41) is 7.94. The minimum atomic E-state index is 0.762. The first kappa shape index (κ1) is 19.2. The van der Waals surface area contributed by atoms with E-state index in [1.54, 1.807) is 11.3 Å². The Morgan fingerprint density at radius 1 is 1.33 bits per heavy atom. The van der Waals surface area contributed by atoms with E-state index < -0.39 is 0 Å². The summed E-state index contributed by atoms with van der Waals surface area (Å²) < 4.78 is 0. The van der Waals surface area contributed by atoms with Gasteiger partial charge in [-0.3, -0.25) is 4.99 Å². The summed E-state index contributed by atoms with van der Waals surface area (Å²) in [6, 6.07) is 0.762. The minimum absolute atomic E-state index is 0.762. The first-order valence-corrected chi connectivity index (χ1v) is 10.1. The van der Waals surface area contributed by atoms with E-state index in [2.05, 4.69) is 41.4 Å². The summed E-state index contributed by atoms with van der Waals surface area (Å²) in [7, 11) is 2.25. The van der Waals surface area contributed by atoms with Crippen LogP contribution in [-0.2, 0) is 6.42 Å². The van der Waals surface area contributed by atoms with Crippen LogP contribution in [0.2, 0.25) is 0 Å². The Morgan fingerprint density at radius 2 is 2.12 bits per heavy atom. The SMILES string of the molecule is CCNC(=NCCN(C)C1CCCCC1)NCCc1ncc(C)s1. The Kier molecular flexibility index (Phi) is 8.53. The molecule has 2 N–H and O–H groups in total. The number of nitrogens with one attached hydrogen (secondary N) is 2. The Labute approximate surface area is 151 Å². The van der Waals surface area contributed by atoms with Crippen molar-refractivity contribution in [3.05, 3.63) is 16.1 Å². The van der Waals surface area contributed by atoms with Crippen molar-refractivity contribution in [2.75, 3.05) is 33.2 Å². The molecule has 1 aromatic heterocycles. The van der Waals surface area contributed by atoms with Crippen LogP contribution in [0.25, 0.3) is 0 Å². The van der Waals surface area contributed by atoms with E-state index in [0.29, 0.717) is 0 Å². The Morgan fingerprint density at radius 3 is 2.79 bits per heavy atom. The molecule has 0 atom stereocenters. The van der Waals surface area contributed by atoms with Gasteiger partial charge in [-0.1, -0.05) is 19.3 Å². The van der Waals surface area contributed by atoms with E-state index in [0.717, 1.165) is 44.6 Å². The molecule has 1 saturated carbocycles. The first-order chi connectivity index (χ1) is 11.7. The molecule has 0 bridgehead atoms. The molecule has 1 heterocycles. The van der Waals surface area contributed by atoms with Crippen LogP contribution < -0.4 is 10.6 Å². The fourth-order valence-corrected chi connectivity index (χ4v) is 3.96. The van der Waals surface area contributed by atoms with Gasteiger partial charge in [0.05, 0.1) is 11.6 Å². The molecule has 2 rings (SSSR count). The molecule has 0 aliphatic heterocycles. The van der Waals surface area contributed by atoms with Crippen molar-refractivity contribution in [2.45, 2.75) is 58.4 Å². The van der Waals surface area contributed by atoms with Gasteiger partial charge in [-0.05, 0) is 33.7 Å². The van der Waals surface area contributed by atoms with Gasteiger partial charge in [-0.25, -0.2) is 4.98 Å². The molecule has 5 nitrogen and oxygen atoms in total. The van der Waals surface area contributed by atoms with Crippen LogP contribution in [0.5, 0.6) is 0 Å². The number of hydrogen-bond donors (Lipinski definition) is 2. The van der Waals surface area contributed by atoms with Gasteiger partial charge in [0.15, 0.2) is 5.96 Å². The number of aromatic nitrogens is 1. The molecule has 1 aromatic rings. The lowest BCUT2D eigenvalue weighted by atomic mass is 9.94. The molecule has 136 valence electrons. The van der Waals surface area contributed by atoms with Gasteiger partial charge in [-0.2, -0.15) is 0 Å². The van der Waals surface area contributed by atoms with Gasteiger partial charge in [0, 0.05) is 43.2 Å². The second-order valence-corrected chi connectivity index (χ2v) is 7.89. The lowest BCUT2D eigenvalue weighted by molar-refractivity contribution is 0.196. The molecule has 0 unspecified atom stereocenters. The summed E-state index contributed by atoms with van der Waals surface area (Å²) in [6.45, 7) is 7.85. The molecule has 24 heavy (non-hydrogen) atoms. The number of hydrogen-bond acceptors (Lipinski definition) is 4. The van der Waals surface area contributed by atoms with Crippen molar-refractivity contribution < 1.29 is 0 Å². The maximum Gasteiger partial charge on any atom is 0.191 e. The molecule has 0 aromatic carbocycles. The van der Waals surface area contributed by atoms with Crippen molar-refractivity contribution in [1.82, 2.24) is 20.5 Å². The zero-order valence-corrected chi connectivity index (χ0v) is 16.3. The molecular formula is C18H33N5S. The van der Waals surface area contributed by atoms with Crippen LogP contribution >= 0.6 is 11.3 Å². The average molecular weight is 352 g/mol. The molecule has 0 amide bonds. The Bertz CT molecular complexity index is 493. The van der Waals surface area contributed by atoms with Gasteiger partial charge < -0.3 is 15.5 Å². The predicted molar refractivity (Wildman–Crippen MR) is 104 cm³/mol. The fourth-order valence-electron chi connectivity index (χ4n) is 3.17. The third-order valence-electron chi connectivity index (χ3n) is 4.57. The largest absolute Gasteiger partial charge is 0.357 e. The second-order valence-electron chi connectivity index (χ2n) is 6.57.